The predicted octanol–water partition coefficient (Wildman–Crippen LogP) is 2.82. The van der Waals surface area contributed by atoms with Gasteiger partial charge in [0.25, 0.3) is 0 Å². The molecule has 1 unspecified atom stereocenters. The molecular weight excluding hydrogens is 180 g/mol. The molecule has 2 aliphatic heterocycles. The topological polar surface area (TPSA) is 20.2 Å². The number of rotatable bonds is 0. The second kappa shape index (κ2) is 2.90. The summed E-state index contributed by atoms with van der Waals surface area (Å²) in [4.78, 5) is 0. The van der Waals surface area contributed by atoms with Crippen molar-refractivity contribution in [3.63, 3.8) is 0 Å². The predicted molar refractivity (Wildman–Crippen MR) is 58.0 cm³/mol. The zero-order valence-electron chi connectivity index (χ0n) is 8.84. The van der Waals surface area contributed by atoms with Gasteiger partial charge < -0.3 is 5.11 Å². The van der Waals surface area contributed by atoms with Gasteiger partial charge in [0, 0.05) is 10.5 Å². The highest BCUT2D eigenvalue weighted by Gasteiger charge is 2.49. The van der Waals surface area contributed by atoms with E-state index in [0.29, 0.717) is 0 Å². The minimum Gasteiger partial charge on any atom is -0.389 e. The van der Waals surface area contributed by atoms with Crippen LogP contribution in [0.25, 0.3) is 0 Å². The van der Waals surface area contributed by atoms with E-state index in [1.54, 1.807) is 0 Å². The van der Waals surface area contributed by atoms with E-state index in [-0.39, 0.29) is 5.41 Å². The Kier molecular flexibility index (Phi) is 2.20. The summed E-state index contributed by atoms with van der Waals surface area (Å²) in [6.45, 7) is 6.51. The van der Waals surface area contributed by atoms with Gasteiger partial charge in [0.2, 0.25) is 0 Å². The Morgan fingerprint density at radius 1 is 1.15 bits per heavy atom. The smallest absolute Gasteiger partial charge is 0.0716 e. The maximum Gasteiger partial charge on any atom is 0.0716 e. The average Bonchev–Trinajstić information content (AvgIpc) is 2.28. The molecule has 2 heteroatoms. The van der Waals surface area contributed by atoms with E-state index in [4.69, 9.17) is 0 Å². The molecule has 2 aliphatic rings. The van der Waals surface area contributed by atoms with Gasteiger partial charge in [0.1, 0.15) is 0 Å². The molecule has 0 radical (unpaired) electrons. The van der Waals surface area contributed by atoms with Gasteiger partial charge in [0.15, 0.2) is 0 Å². The highest BCUT2D eigenvalue weighted by Crippen LogP contribution is 2.52. The van der Waals surface area contributed by atoms with Gasteiger partial charge in [-0.2, -0.15) is 11.8 Å². The molecule has 2 saturated heterocycles. The second-order valence-electron chi connectivity index (χ2n) is 5.65. The summed E-state index contributed by atoms with van der Waals surface area (Å²) in [6.07, 6.45) is 4.68. The van der Waals surface area contributed by atoms with Crippen molar-refractivity contribution in [2.24, 2.45) is 5.41 Å². The van der Waals surface area contributed by atoms with Gasteiger partial charge in [-0.15, -0.1) is 0 Å². The molecule has 2 rings (SSSR count). The van der Waals surface area contributed by atoms with E-state index in [1.807, 2.05) is 0 Å². The Labute approximate surface area is 85.3 Å². The van der Waals surface area contributed by atoms with Crippen LogP contribution in [-0.4, -0.2) is 21.2 Å². The molecule has 0 saturated carbocycles. The first-order chi connectivity index (χ1) is 5.91. The van der Waals surface area contributed by atoms with Crippen molar-refractivity contribution in [1.29, 1.82) is 0 Å². The first-order valence-electron chi connectivity index (χ1n) is 5.29. The van der Waals surface area contributed by atoms with Gasteiger partial charge in [0.05, 0.1) is 5.60 Å². The van der Waals surface area contributed by atoms with Crippen LogP contribution in [0.15, 0.2) is 0 Å². The number of aliphatic hydroxyl groups is 1. The molecule has 0 aromatic rings. The second-order valence-corrected chi connectivity index (χ2v) is 7.25. The fourth-order valence-corrected chi connectivity index (χ4v) is 4.36. The minimum absolute atomic E-state index is 0.0504. The molecule has 2 bridgehead atoms. The van der Waals surface area contributed by atoms with Crippen molar-refractivity contribution < 1.29 is 5.11 Å². The fraction of sp³-hybridized carbons (Fsp3) is 1.00. The Hall–Kier alpha value is 0.310. The van der Waals surface area contributed by atoms with Crippen LogP contribution in [0.3, 0.4) is 0 Å². The number of hydrogen-bond acceptors (Lipinski definition) is 2. The molecule has 2 fully saturated rings. The zero-order chi connectivity index (χ0) is 9.69. The van der Waals surface area contributed by atoms with Crippen LogP contribution in [0.5, 0.6) is 0 Å². The highest BCUT2D eigenvalue weighted by molar-refractivity contribution is 8.00. The van der Waals surface area contributed by atoms with Crippen molar-refractivity contribution in [2.45, 2.75) is 62.6 Å². The number of thioether (sulfide) groups is 1. The van der Waals surface area contributed by atoms with Crippen molar-refractivity contribution in [2.75, 3.05) is 0 Å². The lowest BCUT2D eigenvalue weighted by Crippen LogP contribution is -2.47. The van der Waals surface area contributed by atoms with Crippen LogP contribution in [0.4, 0.5) is 0 Å². The van der Waals surface area contributed by atoms with E-state index < -0.39 is 5.60 Å². The van der Waals surface area contributed by atoms with Gasteiger partial charge >= 0.3 is 0 Å². The van der Waals surface area contributed by atoms with Crippen LogP contribution in [0.2, 0.25) is 0 Å². The lowest BCUT2D eigenvalue weighted by atomic mass is 9.72. The Morgan fingerprint density at radius 3 is 2.00 bits per heavy atom. The molecule has 1 nitrogen and oxygen atoms in total. The van der Waals surface area contributed by atoms with Gasteiger partial charge in [-0.1, -0.05) is 20.8 Å². The summed E-state index contributed by atoms with van der Waals surface area (Å²) in [5, 5.41) is 12.1. The summed E-state index contributed by atoms with van der Waals surface area (Å²) >= 11 is 2.11. The monoisotopic (exact) mass is 200 g/mol. The summed E-state index contributed by atoms with van der Waals surface area (Å²) < 4.78 is 0. The minimum atomic E-state index is -0.399. The summed E-state index contributed by atoms with van der Waals surface area (Å²) in [7, 11) is 0. The van der Waals surface area contributed by atoms with Crippen molar-refractivity contribution in [3.05, 3.63) is 0 Å². The summed E-state index contributed by atoms with van der Waals surface area (Å²) in [5.74, 6) is 0. The number of fused-ring (bicyclic) bond motifs is 2. The molecule has 0 spiro atoms. The quantitative estimate of drug-likeness (QED) is 0.649. The molecular formula is C11H20OS. The standard InChI is InChI=1S/C11H20OS/c1-10(2,3)11(12)6-8-4-5-9(7-11)13-8/h8-9,12H,4-7H2,1-3H3/t8-,9+,11?. The lowest BCUT2D eigenvalue weighted by molar-refractivity contribution is -0.0701. The van der Waals surface area contributed by atoms with E-state index in [1.165, 1.54) is 12.8 Å². The molecule has 2 heterocycles. The molecule has 3 atom stereocenters. The fourth-order valence-electron chi connectivity index (χ4n) is 2.53. The molecule has 76 valence electrons. The first-order valence-corrected chi connectivity index (χ1v) is 6.23. The van der Waals surface area contributed by atoms with Crippen LogP contribution < -0.4 is 0 Å². The average molecular weight is 200 g/mol. The Bertz CT molecular complexity index is 195. The number of hydrogen-bond donors (Lipinski definition) is 1. The SMILES string of the molecule is CC(C)(C)C1(O)C[C@H]2CC[C@@H](C1)S2. The third-order valence-corrected chi connectivity index (χ3v) is 5.30. The largest absolute Gasteiger partial charge is 0.389 e. The molecule has 1 N–H and O–H groups in total. The highest BCUT2D eigenvalue weighted by atomic mass is 32.2. The van der Waals surface area contributed by atoms with Crippen LogP contribution in [0, 0.1) is 5.41 Å². The van der Waals surface area contributed by atoms with Crippen molar-refractivity contribution in [1.82, 2.24) is 0 Å². The van der Waals surface area contributed by atoms with E-state index in [9.17, 15) is 5.11 Å². The van der Waals surface area contributed by atoms with E-state index in [2.05, 4.69) is 32.5 Å². The van der Waals surface area contributed by atoms with Gasteiger partial charge in [-0.3, -0.25) is 0 Å². The third kappa shape index (κ3) is 1.63. The Morgan fingerprint density at radius 2 is 1.62 bits per heavy atom. The van der Waals surface area contributed by atoms with Crippen LogP contribution >= 0.6 is 11.8 Å². The lowest BCUT2D eigenvalue weighted by Gasteiger charge is -2.45. The van der Waals surface area contributed by atoms with E-state index >= 15 is 0 Å². The van der Waals surface area contributed by atoms with Crippen molar-refractivity contribution >= 4 is 11.8 Å². The molecule has 0 aromatic carbocycles. The van der Waals surface area contributed by atoms with E-state index in [0.717, 1.165) is 23.3 Å². The van der Waals surface area contributed by atoms with Gasteiger partial charge in [-0.05, 0) is 31.1 Å². The normalized spacial score (nSPS) is 45.2. The maximum absolute atomic E-state index is 10.6. The van der Waals surface area contributed by atoms with Crippen LogP contribution in [-0.2, 0) is 0 Å². The Balaban J connectivity index is 2.17. The summed E-state index contributed by atoms with van der Waals surface area (Å²) in [6, 6.07) is 0. The molecule has 0 aromatic heterocycles. The van der Waals surface area contributed by atoms with Gasteiger partial charge in [-0.25, -0.2) is 0 Å². The van der Waals surface area contributed by atoms with Crippen LogP contribution in [0.1, 0.15) is 46.5 Å². The zero-order valence-corrected chi connectivity index (χ0v) is 9.66. The summed E-state index contributed by atoms with van der Waals surface area (Å²) in [5.41, 5.74) is -0.348. The molecule has 13 heavy (non-hydrogen) atoms. The molecule has 0 aliphatic carbocycles. The third-order valence-electron chi connectivity index (χ3n) is 3.72. The first kappa shape index (κ1) is 9.85. The molecule has 0 amide bonds. The van der Waals surface area contributed by atoms with Crippen molar-refractivity contribution in [3.8, 4) is 0 Å². The maximum atomic E-state index is 10.6.